The van der Waals surface area contributed by atoms with Crippen LogP contribution in [0.2, 0.25) is 0 Å². The van der Waals surface area contributed by atoms with Crippen LogP contribution in [-0.4, -0.2) is 35.1 Å². The van der Waals surface area contributed by atoms with Crippen molar-refractivity contribution in [3.8, 4) is 0 Å². The number of halogens is 1. The van der Waals surface area contributed by atoms with Crippen LogP contribution >= 0.6 is 27.7 Å². The number of amides is 2. The Balaban J connectivity index is 1.87. The van der Waals surface area contributed by atoms with Crippen molar-refractivity contribution in [2.75, 3.05) is 12.3 Å². The van der Waals surface area contributed by atoms with Crippen LogP contribution in [0.5, 0.6) is 0 Å². The molecule has 0 saturated carbocycles. The van der Waals surface area contributed by atoms with E-state index in [0.29, 0.717) is 19.5 Å². The molecular formula is C27H29BrN2O2S. The zero-order chi connectivity index (χ0) is 23.5. The Morgan fingerprint density at radius 1 is 0.909 bits per heavy atom. The molecule has 0 aliphatic heterocycles. The monoisotopic (exact) mass is 524 g/mol. The number of hydrogen-bond donors (Lipinski definition) is 1. The van der Waals surface area contributed by atoms with Crippen LogP contribution in [0.3, 0.4) is 0 Å². The summed E-state index contributed by atoms with van der Waals surface area (Å²) in [7, 11) is 0. The van der Waals surface area contributed by atoms with E-state index in [1.54, 1.807) is 4.90 Å². The number of benzene rings is 3. The van der Waals surface area contributed by atoms with Gasteiger partial charge in [0.15, 0.2) is 0 Å². The maximum absolute atomic E-state index is 13.5. The average molecular weight is 526 g/mol. The maximum atomic E-state index is 13.5. The smallest absolute Gasteiger partial charge is 0.243 e. The van der Waals surface area contributed by atoms with Gasteiger partial charge in [0.25, 0.3) is 0 Å². The summed E-state index contributed by atoms with van der Waals surface area (Å²) in [5.74, 6) is 0.0996. The summed E-state index contributed by atoms with van der Waals surface area (Å²) >= 11 is 4.96. The molecule has 0 bridgehead atoms. The zero-order valence-electron chi connectivity index (χ0n) is 18.7. The molecule has 33 heavy (non-hydrogen) atoms. The topological polar surface area (TPSA) is 49.4 Å². The van der Waals surface area contributed by atoms with Crippen molar-refractivity contribution in [2.45, 2.75) is 37.2 Å². The Labute approximate surface area is 208 Å². The molecule has 0 saturated heterocycles. The molecular weight excluding hydrogens is 496 g/mol. The molecule has 3 aromatic rings. The number of nitrogens with zero attached hydrogens (tertiary/aromatic N) is 1. The fourth-order valence-electron chi connectivity index (χ4n) is 3.45. The summed E-state index contributed by atoms with van der Waals surface area (Å²) < 4.78 is 0.977. The molecule has 0 heterocycles. The zero-order valence-corrected chi connectivity index (χ0v) is 21.1. The molecule has 172 valence electrons. The van der Waals surface area contributed by atoms with E-state index in [9.17, 15) is 9.59 Å². The van der Waals surface area contributed by atoms with Gasteiger partial charge in [-0.1, -0.05) is 83.5 Å². The lowest BCUT2D eigenvalue weighted by molar-refractivity contribution is -0.139. The first kappa shape index (κ1) is 25.1. The largest absolute Gasteiger partial charge is 0.354 e. The summed E-state index contributed by atoms with van der Waals surface area (Å²) in [5, 5.41) is 3.01. The molecule has 0 spiro atoms. The third kappa shape index (κ3) is 8.06. The average Bonchev–Trinajstić information content (AvgIpc) is 2.85. The lowest BCUT2D eigenvalue weighted by Gasteiger charge is -2.31. The van der Waals surface area contributed by atoms with Crippen LogP contribution in [0.15, 0.2) is 94.3 Å². The second-order valence-corrected chi connectivity index (χ2v) is 9.71. The van der Waals surface area contributed by atoms with Crippen LogP contribution in [0.25, 0.3) is 0 Å². The van der Waals surface area contributed by atoms with Crippen LogP contribution in [-0.2, 0) is 22.6 Å². The van der Waals surface area contributed by atoms with Crippen molar-refractivity contribution in [3.05, 3.63) is 101 Å². The van der Waals surface area contributed by atoms with Crippen molar-refractivity contribution in [1.29, 1.82) is 0 Å². The molecule has 0 fully saturated rings. The quantitative estimate of drug-likeness (QED) is 0.327. The van der Waals surface area contributed by atoms with Crippen LogP contribution in [0.1, 0.15) is 24.5 Å². The molecule has 0 radical (unpaired) electrons. The Kier molecular flexibility index (Phi) is 10.0. The normalized spacial score (nSPS) is 11.6. The van der Waals surface area contributed by atoms with E-state index in [4.69, 9.17) is 0 Å². The SMILES string of the molecule is CCCNC(=O)C(Cc1ccccc1)N(Cc1ccc(Br)cc1)C(=O)CSc1ccccc1. The second kappa shape index (κ2) is 13.2. The van der Waals surface area contributed by atoms with Gasteiger partial charge >= 0.3 is 0 Å². The number of thioether (sulfide) groups is 1. The molecule has 3 rings (SSSR count). The van der Waals surface area contributed by atoms with Gasteiger partial charge < -0.3 is 10.2 Å². The highest BCUT2D eigenvalue weighted by molar-refractivity contribution is 9.10. The van der Waals surface area contributed by atoms with Gasteiger partial charge in [0, 0.05) is 28.9 Å². The maximum Gasteiger partial charge on any atom is 0.243 e. The van der Waals surface area contributed by atoms with Gasteiger partial charge in [0.2, 0.25) is 11.8 Å². The Hall–Kier alpha value is -2.57. The fourth-order valence-corrected chi connectivity index (χ4v) is 4.52. The molecule has 1 unspecified atom stereocenters. The lowest BCUT2D eigenvalue weighted by Crippen LogP contribution is -2.51. The molecule has 6 heteroatoms. The van der Waals surface area contributed by atoms with Crippen molar-refractivity contribution in [2.24, 2.45) is 0 Å². The van der Waals surface area contributed by atoms with E-state index in [-0.39, 0.29) is 17.6 Å². The van der Waals surface area contributed by atoms with Gasteiger partial charge in [-0.25, -0.2) is 0 Å². The molecule has 4 nitrogen and oxygen atoms in total. The molecule has 1 N–H and O–H groups in total. The lowest BCUT2D eigenvalue weighted by atomic mass is 10.0. The van der Waals surface area contributed by atoms with Gasteiger partial charge in [-0.15, -0.1) is 11.8 Å². The molecule has 0 aromatic heterocycles. The van der Waals surface area contributed by atoms with E-state index in [1.807, 2.05) is 91.9 Å². The first-order chi connectivity index (χ1) is 16.1. The van der Waals surface area contributed by atoms with Crippen LogP contribution in [0.4, 0.5) is 0 Å². The predicted molar refractivity (Wildman–Crippen MR) is 139 cm³/mol. The van der Waals surface area contributed by atoms with Gasteiger partial charge in [0.1, 0.15) is 6.04 Å². The van der Waals surface area contributed by atoms with Gasteiger partial charge in [-0.05, 0) is 41.8 Å². The van der Waals surface area contributed by atoms with E-state index in [1.165, 1.54) is 11.8 Å². The highest BCUT2D eigenvalue weighted by Gasteiger charge is 2.30. The molecule has 3 aromatic carbocycles. The Morgan fingerprint density at radius 3 is 2.18 bits per heavy atom. The molecule has 0 aliphatic rings. The van der Waals surface area contributed by atoms with Crippen LogP contribution < -0.4 is 5.32 Å². The Morgan fingerprint density at radius 2 is 1.55 bits per heavy atom. The first-order valence-electron chi connectivity index (χ1n) is 11.1. The molecule has 1 atom stereocenters. The van der Waals surface area contributed by atoms with Crippen molar-refractivity contribution >= 4 is 39.5 Å². The number of rotatable bonds is 11. The van der Waals surface area contributed by atoms with E-state index >= 15 is 0 Å². The minimum Gasteiger partial charge on any atom is -0.354 e. The summed E-state index contributed by atoms with van der Waals surface area (Å²) in [4.78, 5) is 29.5. The predicted octanol–water partition coefficient (Wildman–Crippen LogP) is 5.71. The van der Waals surface area contributed by atoms with Gasteiger partial charge in [-0.3, -0.25) is 9.59 Å². The Bertz CT molecular complexity index is 1010. The first-order valence-corrected chi connectivity index (χ1v) is 12.9. The standard InChI is InChI=1S/C27H29BrN2O2S/c1-2-17-29-27(32)25(18-21-9-5-3-6-10-21)30(19-22-13-15-23(28)16-14-22)26(31)20-33-24-11-7-4-8-12-24/h3-16,25H,2,17-20H2,1H3,(H,29,32). The summed E-state index contributed by atoms with van der Waals surface area (Å²) in [6, 6.07) is 27.0. The highest BCUT2D eigenvalue weighted by Crippen LogP contribution is 2.21. The fraction of sp³-hybridized carbons (Fsp3) is 0.259. The summed E-state index contributed by atoms with van der Waals surface area (Å²) in [5.41, 5.74) is 2.01. The number of nitrogens with one attached hydrogen (secondary N) is 1. The number of carbonyl (C=O) groups excluding carboxylic acids is 2. The number of carbonyl (C=O) groups is 2. The molecule has 0 aliphatic carbocycles. The third-order valence-electron chi connectivity index (χ3n) is 5.19. The minimum atomic E-state index is -0.591. The summed E-state index contributed by atoms with van der Waals surface area (Å²) in [6.45, 7) is 2.98. The second-order valence-electron chi connectivity index (χ2n) is 7.75. The van der Waals surface area contributed by atoms with Crippen molar-refractivity contribution in [3.63, 3.8) is 0 Å². The van der Waals surface area contributed by atoms with Crippen molar-refractivity contribution < 1.29 is 9.59 Å². The van der Waals surface area contributed by atoms with Crippen LogP contribution in [0, 0.1) is 0 Å². The van der Waals surface area contributed by atoms with Gasteiger partial charge in [0.05, 0.1) is 5.75 Å². The number of hydrogen-bond acceptors (Lipinski definition) is 3. The highest BCUT2D eigenvalue weighted by atomic mass is 79.9. The third-order valence-corrected chi connectivity index (χ3v) is 6.72. The minimum absolute atomic E-state index is 0.0562. The van der Waals surface area contributed by atoms with Crippen molar-refractivity contribution in [1.82, 2.24) is 10.2 Å². The summed E-state index contributed by atoms with van der Waals surface area (Å²) in [6.07, 6.45) is 1.31. The van der Waals surface area contributed by atoms with Gasteiger partial charge in [-0.2, -0.15) is 0 Å². The van der Waals surface area contributed by atoms with E-state index in [2.05, 4.69) is 21.2 Å². The van der Waals surface area contributed by atoms with E-state index < -0.39 is 6.04 Å². The van der Waals surface area contributed by atoms with E-state index in [0.717, 1.165) is 26.9 Å². The molecule has 2 amide bonds.